The summed E-state index contributed by atoms with van der Waals surface area (Å²) in [7, 11) is 1.64. The molecule has 1 saturated heterocycles. The van der Waals surface area contributed by atoms with Gasteiger partial charge in [-0.15, -0.1) is 10.2 Å². The highest BCUT2D eigenvalue weighted by Crippen LogP contribution is 2.38. The summed E-state index contributed by atoms with van der Waals surface area (Å²) in [6, 6.07) is 27.7. The maximum absolute atomic E-state index is 14.0. The average molecular weight is 476 g/mol. The molecule has 1 aliphatic rings. The monoisotopic (exact) mass is 475 g/mol. The van der Waals surface area contributed by atoms with Crippen molar-refractivity contribution in [3.05, 3.63) is 102 Å². The molecule has 0 N–H and O–H groups in total. The number of carbonyl (C=O) groups excluding carboxylic acids is 1. The fraction of sp³-hybridized carbons (Fsp3) is 0.194. The summed E-state index contributed by atoms with van der Waals surface area (Å²) in [4.78, 5) is 16.2. The number of allylic oxidation sites excluding steroid dienone is 1. The molecule has 0 saturated carbocycles. The molecule has 0 bridgehead atoms. The Morgan fingerprint density at radius 3 is 2.08 bits per heavy atom. The Balaban J connectivity index is 1.68. The second-order valence-electron chi connectivity index (χ2n) is 8.87. The van der Waals surface area contributed by atoms with Gasteiger partial charge in [-0.1, -0.05) is 78.9 Å². The van der Waals surface area contributed by atoms with Crippen molar-refractivity contribution in [2.75, 3.05) is 25.1 Å². The van der Waals surface area contributed by atoms with Crippen molar-refractivity contribution < 1.29 is 9.53 Å². The topological polar surface area (TPSA) is 55.3 Å². The molecule has 0 unspecified atom stereocenters. The first kappa shape index (κ1) is 23.5. The van der Waals surface area contributed by atoms with Crippen LogP contribution >= 0.6 is 0 Å². The minimum Gasteiger partial charge on any atom is -0.497 e. The zero-order valence-corrected chi connectivity index (χ0v) is 20.4. The molecule has 0 amide bonds. The lowest BCUT2D eigenvalue weighted by molar-refractivity contribution is 0.104. The molecule has 180 valence electrons. The Hall–Kier alpha value is -4.25. The van der Waals surface area contributed by atoms with Crippen LogP contribution in [0.5, 0.6) is 5.75 Å². The molecule has 1 fully saturated rings. The highest BCUT2D eigenvalue weighted by molar-refractivity contribution is 6.15. The van der Waals surface area contributed by atoms with E-state index in [0.29, 0.717) is 17.1 Å². The maximum atomic E-state index is 14.0. The van der Waals surface area contributed by atoms with Crippen LogP contribution in [0.3, 0.4) is 0 Å². The number of carbonyl (C=O) groups is 1. The molecule has 0 atom stereocenters. The van der Waals surface area contributed by atoms with Crippen LogP contribution < -0.4 is 9.64 Å². The van der Waals surface area contributed by atoms with Crippen molar-refractivity contribution >= 4 is 17.7 Å². The third-order valence-electron chi connectivity index (χ3n) is 6.51. The number of methoxy groups -OCH3 is 1. The van der Waals surface area contributed by atoms with Crippen molar-refractivity contribution in [2.45, 2.75) is 19.3 Å². The molecule has 1 aliphatic heterocycles. The van der Waals surface area contributed by atoms with Gasteiger partial charge in [0, 0.05) is 24.2 Å². The summed E-state index contributed by atoms with van der Waals surface area (Å²) < 4.78 is 5.26. The van der Waals surface area contributed by atoms with E-state index in [1.165, 1.54) is 6.42 Å². The number of nitrogens with zero attached hydrogens (tertiary/aromatic N) is 3. The highest BCUT2D eigenvalue weighted by Gasteiger charge is 2.27. The van der Waals surface area contributed by atoms with Gasteiger partial charge in [0.25, 0.3) is 0 Å². The molecule has 1 aromatic heterocycles. The molecule has 5 rings (SSSR count). The van der Waals surface area contributed by atoms with Gasteiger partial charge >= 0.3 is 0 Å². The first-order chi connectivity index (χ1) is 17.7. The molecule has 0 radical (unpaired) electrons. The predicted octanol–water partition coefficient (Wildman–Crippen LogP) is 6.71. The van der Waals surface area contributed by atoms with Gasteiger partial charge in [0.15, 0.2) is 11.6 Å². The Morgan fingerprint density at radius 2 is 1.44 bits per heavy atom. The van der Waals surface area contributed by atoms with Gasteiger partial charge in [-0.05, 0) is 48.6 Å². The van der Waals surface area contributed by atoms with E-state index < -0.39 is 0 Å². The van der Waals surface area contributed by atoms with E-state index in [0.717, 1.165) is 53.9 Å². The Morgan fingerprint density at radius 1 is 0.806 bits per heavy atom. The van der Waals surface area contributed by atoms with Crippen LogP contribution in [0.15, 0.2) is 91.0 Å². The smallest absolute Gasteiger partial charge is 0.190 e. The number of anilines is 1. The van der Waals surface area contributed by atoms with Gasteiger partial charge < -0.3 is 9.64 Å². The minimum atomic E-state index is -0.0858. The van der Waals surface area contributed by atoms with E-state index in [4.69, 9.17) is 9.84 Å². The largest absolute Gasteiger partial charge is 0.497 e. The van der Waals surface area contributed by atoms with Gasteiger partial charge in [0.2, 0.25) is 0 Å². The molecule has 5 nitrogen and oxygen atoms in total. The number of hydrogen-bond donors (Lipinski definition) is 0. The van der Waals surface area contributed by atoms with E-state index in [1.54, 1.807) is 13.2 Å². The zero-order valence-electron chi connectivity index (χ0n) is 20.4. The van der Waals surface area contributed by atoms with E-state index in [2.05, 4.69) is 10.00 Å². The van der Waals surface area contributed by atoms with Gasteiger partial charge in [-0.25, -0.2) is 0 Å². The Labute approximate surface area is 212 Å². The van der Waals surface area contributed by atoms with Crippen molar-refractivity contribution in [1.82, 2.24) is 10.2 Å². The average Bonchev–Trinajstić information content (AvgIpc) is 2.96. The molecular weight excluding hydrogens is 446 g/mol. The normalized spacial score (nSPS) is 13.6. The molecule has 36 heavy (non-hydrogen) atoms. The summed E-state index contributed by atoms with van der Waals surface area (Å²) in [5.41, 5.74) is 4.94. The van der Waals surface area contributed by atoms with Crippen molar-refractivity contribution in [3.8, 4) is 28.1 Å². The Bertz CT molecular complexity index is 1340. The van der Waals surface area contributed by atoms with Crippen molar-refractivity contribution in [1.29, 1.82) is 0 Å². The summed E-state index contributed by atoms with van der Waals surface area (Å²) in [6.07, 6.45) is 6.85. The number of ether oxygens (including phenoxy) is 1. The lowest BCUT2D eigenvalue weighted by Crippen LogP contribution is -2.32. The summed E-state index contributed by atoms with van der Waals surface area (Å²) in [6.45, 7) is 1.74. The van der Waals surface area contributed by atoms with Crippen LogP contribution in [0.25, 0.3) is 28.5 Å². The maximum Gasteiger partial charge on any atom is 0.190 e. The van der Waals surface area contributed by atoms with E-state index in [9.17, 15) is 4.79 Å². The van der Waals surface area contributed by atoms with E-state index >= 15 is 0 Å². The summed E-state index contributed by atoms with van der Waals surface area (Å²) in [5.74, 6) is 1.36. The first-order valence-corrected chi connectivity index (χ1v) is 12.4. The number of benzene rings is 3. The number of piperidine rings is 1. The SMILES string of the molecule is COc1ccc(/C=C\C(=O)c2c(N3CCCCC3)nnc(-c3ccccc3)c2-c2ccccc2)cc1. The highest BCUT2D eigenvalue weighted by atomic mass is 16.5. The molecule has 2 heterocycles. The fourth-order valence-electron chi connectivity index (χ4n) is 4.64. The molecular formula is C31H29N3O2. The van der Waals surface area contributed by atoms with Crippen LogP contribution in [-0.2, 0) is 0 Å². The first-order valence-electron chi connectivity index (χ1n) is 12.4. The van der Waals surface area contributed by atoms with Gasteiger partial charge in [-0.2, -0.15) is 0 Å². The van der Waals surface area contributed by atoms with Crippen LogP contribution in [-0.4, -0.2) is 36.2 Å². The van der Waals surface area contributed by atoms with E-state index in [1.807, 2.05) is 91.0 Å². The number of hydrogen-bond acceptors (Lipinski definition) is 5. The second kappa shape index (κ2) is 11.0. The van der Waals surface area contributed by atoms with Crippen LogP contribution in [0.2, 0.25) is 0 Å². The lowest BCUT2D eigenvalue weighted by Gasteiger charge is -2.29. The Kier molecular flexibility index (Phi) is 7.17. The molecule has 0 aliphatic carbocycles. The van der Waals surface area contributed by atoms with Gasteiger partial charge in [-0.3, -0.25) is 4.79 Å². The standard InChI is InChI=1S/C31H29N3O2/c1-36-26-18-15-23(16-19-26)17-20-27(35)29-28(24-11-5-2-6-12-24)30(25-13-7-3-8-14-25)32-33-31(29)34-21-9-4-10-22-34/h2-3,5-8,11-20H,4,9-10,21-22H2,1H3/b20-17-. The van der Waals surface area contributed by atoms with Gasteiger partial charge in [0.1, 0.15) is 11.4 Å². The van der Waals surface area contributed by atoms with Crippen LogP contribution in [0.4, 0.5) is 5.82 Å². The van der Waals surface area contributed by atoms with Crippen molar-refractivity contribution in [2.24, 2.45) is 0 Å². The lowest BCUT2D eigenvalue weighted by atomic mass is 9.92. The zero-order chi connectivity index (χ0) is 24.7. The molecule has 5 heteroatoms. The fourth-order valence-corrected chi connectivity index (χ4v) is 4.64. The minimum absolute atomic E-state index is 0.0858. The van der Waals surface area contributed by atoms with Gasteiger partial charge in [0.05, 0.1) is 12.7 Å². The van der Waals surface area contributed by atoms with Crippen molar-refractivity contribution in [3.63, 3.8) is 0 Å². The second-order valence-corrected chi connectivity index (χ2v) is 8.87. The summed E-state index contributed by atoms with van der Waals surface area (Å²) >= 11 is 0. The predicted molar refractivity (Wildman–Crippen MR) is 145 cm³/mol. The number of rotatable bonds is 7. The van der Waals surface area contributed by atoms with Crippen LogP contribution in [0.1, 0.15) is 35.2 Å². The number of aromatic nitrogens is 2. The third kappa shape index (κ3) is 5.05. The molecule has 4 aromatic rings. The third-order valence-corrected chi connectivity index (χ3v) is 6.51. The molecule has 3 aromatic carbocycles. The number of ketones is 1. The molecule has 0 spiro atoms. The van der Waals surface area contributed by atoms with Crippen LogP contribution in [0, 0.1) is 0 Å². The summed E-state index contributed by atoms with van der Waals surface area (Å²) in [5, 5.41) is 9.37. The van der Waals surface area contributed by atoms with E-state index in [-0.39, 0.29) is 5.78 Å². The quantitative estimate of drug-likeness (QED) is 0.220.